The van der Waals surface area contributed by atoms with Crippen molar-refractivity contribution in [1.82, 2.24) is 5.32 Å². The van der Waals surface area contributed by atoms with Crippen LogP contribution in [-0.2, 0) is 0 Å². The number of rotatable bonds is 3. The molecule has 3 N–H and O–H groups in total. The fourth-order valence-corrected chi connectivity index (χ4v) is 2.05. The standard InChI is InChI=1S/C13H18N2O2/c1-13(4-3-5-13)15-12(16)9-6-10(14)8-11(7-9)17-2/h6-8H,3-5,14H2,1-2H3,(H,15,16). The van der Waals surface area contributed by atoms with Crippen LogP contribution < -0.4 is 15.8 Å². The quantitative estimate of drug-likeness (QED) is 0.786. The van der Waals surface area contributed by atoms with Crippen molar-refractivity contribution in [3.8, 4) is 5.75 Å². The van der Waals surface area contributed by atoms with Crippen molar-refractivity contribution in [3.63, 3.8) is 0 Å². The molecule has 1 aliphatic rings. The smallest absolute Gasteiger partial charge is 0.251 e. The summed E-state index contributed by atoms with van der Waals surface area (Å²) in [5, 5.41) is 3.04. The van der Waals surface area contributed by atoms with Gasteiger partial charge < -0.3 is 15.8 Å². The van der Waals surface area contributed by atoms with E-state index in [0.717, 1.165) is 12.8 Å². The highest BCUT2D eigenvalue weighted by Gasteiger charge is 2.33. The molecule has 0 heterocycles. The fourth-order valence-electron chi connectivity index (χ4n) is 2.05. The molecule has 1 amide bonds. The van der Waals surface area contributed by atoms with Gasteiger partial charge >= 0.3 is 0 Å². The van der Waals surface area contributed by atoms with Crippen molar-refractivity contribution in [2.24, 2.45) is 0 Å². The van der Waals surface area contributed by atoms with E-state index in [1.807, 2.05) is 0 Å². The zero-order valence-electron chi connectivity index (χ0n) is 10.2. The number of amides is 1. The van der Waals surface area contributed by atoms with Crippen LogP contribution in [0.2, 0.25) is 0 Å². The molecule has 1 aromatic carbocycles. The van der Waals surface area contributed by atoms with Crippen molar-refractivity contribution < 1.29 is 9.53 Å². The molecule has 4 nitrogen and oxygen atoms in total. The third kappa shape index (κ3) is 2.52. The number of ether oxygens (including phenoxy) is 1. The molecule has 4 heteroatoms. The molecule has 0 aromatic heterocycles. The molecule has 0 spiro atoms. The molecule has 1 aliphatic carbocycles. The molecule has 0 unspecified atom stereocenters. The van der Waals surface area contributed by atoms with Crippen LogP contribution in [-0.4, -0.2) is 18.6 Å². The van der Waals surface area contributed by atoms with Gasteiger partial charge in [-0.1, -0.05) is 0 Å². The molecule has 0 atom stereocenters. The Morgan fingerprint density at radius 1 is 1.41 bits per heavy atom. The van der Waals surface area contributed by atoms with Gasteiger partial charge in [-0.15, -0.1) is 0 Å². The Hall–Kier alpha value is -1.71. The summed E-state index contributed by atoms with van der Waals surface area (Å²) < 4.78 is 5.10. The van der Waals surface area contributed by atoms with Crippen molar-refractivity contribution in [2.45, 2.75) is 31.7 Å². The van der Waals surface area contributed by atoms with Crippen LogP contribution in [0.3, 0.4) is 0 Å². The Kier molecular flexibility index (Phi) is 2.96. The van der Waals surface area contributed by atoms with Crippen molar-refractivity contribution in [1.29, 1.82) is 0 Å². The average Bonchev–Trinajstić information content (AvgIpc) is 2.26. The number of hydrogen-bond acceptors (Lipinski definition) is 3. The zero-order chi connectivity index (χ0) is 12.5. The zero-order valence-corrected chi connectivity index (χ0v) is 10.2. The first-order valence-electron chi connectivity index (χ1n) is 5.79. The van der Waals surface area contributed by atoms with Crippen LogP contribution in [0.25, 0.3) is 0 Å². The highest BCUT2D eigenvalue weighted by molar-refractivity contribution is 5.96. The SMILES string of the molecule is COc1cc(N)cc(C(=O)NC2(C)CCC2)c1. The molecular formula is C13H18N2O2. The normalized spacial score (nSPS) is 17.1. The summed E-state index contributed by atoms with van der Waals surface area (Å²) in [6.07, 6.45) is 3.26. The third-order valence-corrected chi connectivity index (χ3v) is 3.30. The van der Waals surface area contributed by atoms with E-state index >= 15 is 0 Å². The van der Waals surface area contributed by atoms with Crippen LogP contribution in [0.15, 0.2) is 18.2 Å². The lowest BCUT2D eigenvalue weighted by Crippen LogP contribution is -2.50. The predicted molar refractivity (Wildman–Crippen MR) is 67.1 cm³/mol. The highest BCUT2D eigenvalue weighted by atomic mass is 16.5. The van der Waals surface area contributed by atoms with Crippen LogP contribution >= 0.6 is 0 Å². The molecule has 1 saturated carbocycles. The second kappa shape index (κ2) is 4.28. The Morgan fingerprint density at radius 2 is 2.12 bits per heavy atom. The molecule has 1 aromatic rings. The number of carbonyl (C=O) groups excluding carboxylic acids is 1. The minimum Gasteiger partial charge on any atom is -0.497 e. The lowest BCUT2D eigenvalue weighted by Gasteiger charge is -2.39. The van der Waals surface area contributed by atoms with Gasteiger partial charge in [0.2, 0.25) is 0 Å². The molecule has 2 rings (SSSR count). The first kappa shape index (κ1) is 11.8. The number of hydrogen-bond donors (Lipinski definition) is 2. The summed E-state index contributed by atoms with van der Waals surface area (Å²) in [5.41, 5.74) is 6.76. The summed E-state index contributed by atoms with van der Waals surface area (Å²) in [6, 6.07) is 5.06. The van der Waals surface area contributed by atoms with E-state index in [4.69, 9.17) is 10.5 Å². The molecule has 17 heavy (non-hydrogen) atoms. The molecule has 0 radical (unpaired) electrons. The Balaban J connectivity index is 2.15. The molecule has 92 valence electrons. The average molecular weight is 234 g/mol. The van der Waals surface area contributed by atoms with Crippen molar-refractivity contribution >= 4 is 11.6 Å². The monoisotopic (exact) mass is 234 g/mol. The van der Waals surface area contributed by atoms with E-state index in [0.29, 0.717) is 17.0 Å². The summed E-state index contributed by atoms with van der Waals surface area (Å²) in [7, 11) is 1.56. The van der Waals surface area contributed by atoms with Gasteiger partial charge in [0.1, 0.15) is 5.75 Å². The number of benzene rings is 1. The van der Waals surface area contributed by atoms with E-state index in [2.05, 4.69) is 12.2 Å². The number of nitrogens with one attached hydrogen (secondary N) is 1. The number of nitrogens with two attached hydrogens (primary N) is 1. The molecule has 0 saturated heterocycles. The predicted octanol–water partition coefficient (Wildman–Crippen LogP) is 1.95. The van der Waals surface area contributed by atoms with E-state index < -0.39 is 0 Å². The lowest BCUT2D eigenvalue weighted by molar-refractivity contribution is 0.0850. The molecular weight excluding hydrogens is 216 g/mol. The minimum atomic E-state index is -0.0854. The Morgan fingerprint density at radius 3 is 2.65 bits per heavy atom. The second-order valence-corrected chi connectivity index (χ2v) is 4.86. The lowest BCUT2D eigenvalue weighted by atomic mass is 9.78. The van der Waals surface area contributed by atoms with Gasteiger partial charge in [0.25, 0.3) is 5.91 Å². The molecule has 1 fully saturated rings. The van der Waals surface area contributed by atoms with E-state index in [-0.39, 0.29) is 11.4 Å². The van der Waals surface area contributed by atoms with E-state index in [9.17, 15) is 4.79 Å². The van der Waals surface area contributed by atoms with Crippen molar-refractivity contribution in [2.75, 3.05) is 12.8 Å². The minimum absolute atomic E-state index is 0.0467. The number of carbonyl (C=O) groups is 1. The van der Waals surface area contributed by atoms with Gasteiger partial charge in [-0.2, -0.15) is 0 Å². The van der Waals surface area contributed by atoms with Gasteiger partial charge in [-0.3, -0.25) is 4.79 Å². The Labute approximate surface area is 101 Å². The number of anilines is 1. The van der Waals surface area contributed by atoms with Crippen molar-refractivity contribution in [3.05, 3.63) is 23.8 Å². The van der Waals surface area contributed by atoms with Crippen LogP contribution in [0, 0.1) is 0 Å². The maximum atomic E-state index is 12.1. The van der Waals surface area contributed by atoms with Crippen LogP contribution in [0.4, 0.5) is 5.69 Å². The Bertz CT molecular complexity index is 439. The largest absolute Gasteiger partial charge is 0.497 e. The van der Waals surface area contributed by atoms with Gasteiger partial charge in [0.15, 0.2) is 0 Å². The van der Waals surface area contributed by atoms with Gasteiger partial charge in [-0.25, -0.2) is 0 Å². The second-order valence-electron chi connectivity index (χ2n) is 4.86. The van der Waals surface area contributed by atoms with Gasteiger partial charge in [0, 0.05) is 22.9 Å². The van der Waals surface area contributed by atoms with Crippen LogP contribution in [0.1, 0.15) is 36.5 Å². The maximum Gasteiger partial charge on any atom is 0.251 e. The summed E-state index contributed by atoms with van der Waals surface area (Å²) in [6.45, 7) is 2.07. The highest BCUT2D eigenvalue weighted by Crippen LogP contribution is 2.31. The fraction of sp³-hybridized carbons (Fsp3) is 0.462. The third-order valence-electron chi connectivity index (χ3n) is 3.30. The van der Waals surface area contributed by atoms with Gasteiger partial charge in [-0.05, 0) is 38.3 Å². The number of nitrogen functional groups attached to an aromatic ring is 1. The topological polar surface area (TPSA) is 64.3 Å². The summed E-state index contributed by atoms with van der Waals surface area (Å²) >= 11 is 0. The van der Waals surface area contributed by atoms with E-state index in [1.54, 1.807) is 25.3 Å². The number of methoxy groups -OCH3 is 1. The maximum absolute atomic E-state index is 12.1. The van der Waals surface area contributed by atoms with Gasteiger partial charge in [0.05, 0.1) is 7.11 Å². The first-order valence-corrected chi connectivity index (χ1v) is 5.79. The molecule has 0 aliphatic heterocycles. The summed E-state index contributed by atoms with van der Waals surface area (Å²) in [4.78, 5) is 12.1. The van der Waals surface area contributed by atoms with Crippen LogP contribution in [0.5, 0.6) is 5.75 Å². The molecule has 0 bridgehead atoms. The van der Waals surface area contributed by atoms with E-state index in [1.165, 1.54) is 6.42 Å². The first-order chi connectivity index (χ1) is 8.02. The summed E-state index contributed by atoms with van der Waals surface area (Å²) in [5.74, 6) is 0.520.